The number of halogens is 5. The van der Waals surface area contributed by atoms with Gasteiger partial charge >= 0.3 is 12.1 Å². The maximum atomic E-state index is 13.5. The molecule has 0 radical (unpaired) electrons. The third-order valence-electron chi connectivity index (χ3n) is 7.56. The third kappa shape index (κ3) is 8.25. The molecule has 1 aromatic heterocycles. The van der Waals surface area contributed by atoms with Gasteiger partial charge in [0.25, 0.3) is 5.91 Å². The molecule has 3 heterocycles. The zero-order chi connectivity index (χ0) is 29.9. The van der Waals surface area contributed by atoms with E-state index in [1.165, 1.54) is 6.07 Å². The Balaban J connectivity index is 0.00000323. The van der Waals surface area contributed by atoms with Gasteiger partial charge in [0.2, 0.25) is 0 Å². The lowest BCUT2D eigenvalue weighted by Gasteiger charge is -2.30. The zero-order valence-corrected chi connectivity index (χ0v) is 26.5. The highest BCUT2D eigenvalue weighted by molar-refractivity contribution is 8.17. The molecule has 43 heavy (non-hydrogen) atoms. The van der Waals surface area contributed by atoms with E-state index in [-0.39, 0.29) is 37.0 Å². The summed E-state index contributed by atoms with van der Waals surface area (Å²) in [6.07, 6.45) is -0.268. The summed E-state index contributed by atoms with van der Waals surface area (Å²) in [6.45, 7) is 7.66. The van der Waals surface area contributed by atoms with Crippen molar-refractivity contribution in [2.45, 2.75) is 62.3 Å². The number of ether oxygens (including phenoxy) is 1. The number of benzene rings is 1. The molecule has 238 valence electrons. The number of carbonyl (C=O) groups excluding carboxylic acids is 1. The first-order valence-electron chi connectivity index (χ1n) is 13.4. The van der Waals surface area contributed by atoms with Gasteiger partial charge in [0, 0.05) is 4.90 Å². The fourth-order valence-electron chi connectivity index (χ4n) is 5.16. The fourth-order valence-corrected chi connectivity index (χ4v) is 7.38. The summed E-state index contributed by atoms with van der Waals surface area (Å²) in [7, 11) is 0. The highest BCUT2D eigenvalue weighted by Crippen LogP contribution is 2.52. The number of thiol groups is 1. The smallest absolute Gasteiger partial charge is 0.419 e. The molecule has 0 saturated carbocycles. The van der Waals surface area contributed by atoms with Crippen molar-refractivity contribution in [1.82, 2.24) is 14.7 Å². The Kier molecular flexibility index (Phi) is 12.5. The molecule has 0 spiro atoms. The molecular weight excluding hydrogens is 630 g/mol. The van der Waals surface area contributed by atoms with E-state index in [9.17, 15) is 22.8 Å². The van der Waals surface area contributed by atoms with E-state index in [0.29, 0.717) is 18.9 Å². The van der Waals surface area contributed by atoms with Crippen LogP contribution < -0.4 is 14.6 Å². The summed E-state index contributed by atoms with van der Waals surface area (Å²) in [5, 5.41) is 19.1. The number of aryl methyl sites for hydroxylation is 1. The van der Waals surface area contributed by atoms with Crippen molar-refractivity contribution in [2.75, 3.05) is 31.3 Å². The first-order chi connectivity index (χ1) is 19.3. The number of hydrazine groups is 1. The summed E-state index contributed by atoms with van der Waals surface area (Å²) in [5.74, 6) is 0.0265. The van der Waals surface area contributed by atoms with Crippen LogP contribution in [-0.4, -0.2) is 57.9 Å². The normalized spacial score (nSPS) is 19.7. The largest absolute Gasteiger partial charge is 0.493 e. The van der Waals surface area contributed by atoms with E-state index in [1.807, 2.05) is 30.0 Å². The number of carboxylic acids is 1. The molecule has 1 amide bonds. The molecule has 2 aliphatic rings. The van der Waals surface area contributed by atoms with Gasteiger partial charge in [0.1, 0.15) is 11.8 Å². The molecular formula is C28H36Cl2F3N5O4S. The number of carboxylic acid groups (broad SMARTS) is 1. The van der Waals surface area contributed by atoms with Gasteiger partial charge in [-0.1, -0.05) is 6.92 Å². The summed E-state index contributed by atoms with van der Waals surface area (Å²) < 4.78 is 45.8. The van der Waals surface area contributed by atoms with Crippen molar-refractivity contribution >= 4 is 53.5 Å². The van der Waals surface area contributed by atoms with Crippen LogP contribution in [0.15, 0.2) is 35.4 Å². The van der Waals surface area contributed by atoms with Crippen molar-refractivity contribution in [3.8, 4) is 11.8 Å². The standard InChI is InChI=1S/C28H34F3N5O4S.2ClH/c1-4-19-13-21(5-6-24(19)40-12-9-18-7-10-35(11-8-18)17-25(37)38)41-27(2,3)26(39)36(34-41)20-14-22(28(29,30)31)23(15-32)33-16-20;;/h5-6,13-14,16,18,34,41H,4,7-12,17H2,1-3H3,(H,37,38);2*1H. The Morgan fingerprint density at radius 1 is 1.26 bits per heavy atom. The molecule has 9 nitrogen and oxygen atoms in total. The number of aromatic nitrogens is 1. The van der Waals surface area contributed by atoms with Crippen molar-refractivity contribution < 1.29 is 32.6 Å². The van der Waals surface area contributed by atoms with Crippen LogP contribution in [-0.2, 0) is 22.2 Å². The summed E-state index contributed by atoms with van der Waals surface area (Å²) in [5.41, 5.74) is -1.06. The number of anilines is 1. The molecule has 1 aromatic carbocycles. The predicted molar refractivity (Wildman–Crippen MR) is 163 cm³/mol. The Hall–Kier alpha value is -2.76. The summed E-state index contributed by atoms with van der Waals surface area (Å²) >= 11 is -1.35. The topological polar surface area (TPSA) is 119 Å². The molecule has 2 N–H and O–H groups in total. The van der Waals surface area contributed by atoms with Crippen LogP contribution in [0.3, 0.4) is 0 Å². The molecule has 2 aliphatic heterocycles. The number of hydrogen-bond donors (Lipinski definition) is 3. The van der Waals surface area contributed by atoms with E-state index in [4.69, 9.17) is 15.1 Å². The van der Waals surface area contributed by atoms with E-state index in [1.54, 1.807) is 13.8 Å². The lowest BCUT2D eigenvalue weighted by molar-refractivity contribution is -0.139. The number of nitrogens with zero attached hydrogens (tertiary/aromatic N) is 4. The van der Waals surface area contributed by atoms with Gasteiger partial charge in [0.05, 0.1) is 35.3 Å². The average Bonchev–Trinajstić information content (AvgIpc) is 3.17. The van der Waals surface area contributed by atoms with Crippen LogP contribution in [0.5, 0.6) is 5.75 Å². The van der Waals surface area contributed by atoms with Crippen molar-refractivity contribution in [1.29, 1.82) is 5.26 Å². The SMILES string of the molecule is CCc1cc([SH]2NN(c3cnc(C#N)c(C(F)(F)F)c3)C(=O)C2(C)C)ccc1OCCC1CCN(CC(=O)O)CC1.Cl.Cl. The minimum absolute atomic E-state index is 0. The second kappa shape index (κ2) is 14.8. The quantitative estimate of drug-likeness (QED) is 0.299. The van der Waals surface area contributed by atoms with Crippen molar-refractivity contribution in [3.05, 3.63) is 47.3 Å². The second-order valence-corrected chi connectivity index (χ2v) is 13.2. The number of rotatable bonds is 9. The Morgan fingerprint density at radius 2 is 1.93 bits per heavy atom. The van der Waals surface area contributed by atoms with Gasteiger partial charge in [-0.3, -0.25) is 14.5 Å². The molecule has 2 fully saturated rings. The Morgan fingerprint density at radius 3 is 2.51 bits per heavy atom. The van der Waals surface area contributed by atoms with Gasteiger partial charge < -0.3 is 9.84 Å². The minimum Gasteiger partial charge on any atom is -0.493 e. The number of piperidine rings is 1. The maximum absolute atomic E-state index is 13.5. The number of amides is 1. The predicted octanol–water partition coefficient (Wildman–Crippen LogP) is 5.55. The molecule has 0 bridgehead atoms. The molecule has 0 aliphatic carbocycles. The summed E-state index contributed by atoms with van der Waals surface area (Å²) in [4.78, 5) is 33.9. The third-order valence-corrected chi connectivity index (χ3v) is 10.1. The number of hydrogen-bond acceptors (Lipinski definition) is 7. The van der Waals surface area contributed by atoms with E-state index in [0.717, 1.165) is 65.8 Å². The van der Waals surface area contributed by atoms with E-state index >= 15 is 0 Å². The van der Waals surface area contributed by atoms with Gasteiger partial charge in [0.15, 0.2) is 5.69 Å². The van der Waals surface area contributed by atoms with Gasteiger partial charge in [-0.2, -0.15) is 23.3 Å². The lowest BCUT2D eigenvalue weighted by Crippen LogP contribution is -2.38. The fraction of sp³-hybridized carbons (Fsp3) is 0.500. The monoisotopic (exact) mass is 665 g/mol. The Labute approximate surface area is 264 Å². The van der Waals surface area contributed by atoms with Crippen LogP contribution >= 0.6 is 35.9 Å². The van der Waals surface area contributed by atoms with Crippen molar-refractivity contribution in [3.63, 3.8) is 0 Å². The molecule has 1 unspecified atom stereocenters. The van der Waals surface area contributed by atoms with Gasteiger partial charge in [-0.05, 0) is 88.4 Å². The lowest BCUT2D eigenvalue weighted by atomic mass is 9.94. The molecule has 15 heteroatoms. The van der Waals surface area contributed by atoms with Crippen molar-refractivity contribution in [2.24, 2.45) is 5.92 Å². The van der Waals surface area contributed by atoms with E-state index < -0.39 is 45.1 Å². The molecule has 1 atom stereocenters. The second-order valence-electron chi connectivity index (χ2n) is 10.7. The molecule has 2 saturated heterocycles. The Bertz CT molecular complexity index is 1350. The zero-order valence-electron chi connectivity index (χ0n) is 24.0. The summed E-state index contributed by atoms with van der Waals surface area (Å²) in [6, 6.07) is 7.97. The van der Waals surface area contributed by atoms with Crippen LogP contribution in [0.2, 0.25) is 0 Å². The van der Waals surface area contributed by atoms with Crippen LogP contribution in [0.4, 0.5) is 18.9 Å². The first kappa shape index (κ1) is 36.4. The average molecular weight is 667 g/mol. The number of alkyl halides is 3. The first-order valence-corrected chi connectivity index (χ1v) is 14.8. The maximum Gasteiger partial charge on any atom is 0.419 e. The number of aliphatic carboxylic acids is 1. The van der Waals surface area contributed by atoms with Crippen LogP contribution in [0, 0.1) is 17.2 Å². The molecule has 4 rings (SSSR count). The van der Waals surface area contributed by atoms with E-state index in [2.05, 4.69) is 9.82 Å². The molecule has 2 aromatic rings. The minimum atomic E-state index is -4.79. The number of carbonyl (C=O) groups is 2. The van der Waals surface area contributed by atoms with Crippen LogP contribution in [0.1, 0.15) is 56.9 Å². The number of pyridine rings is 1. The van der Waals surface area contributed by atoms with Gasteiger partial charge in [-0.25, -0.2) is 9.99 Å². The number of nitrogens with one attached hydrogen (secondary N) is 1. The number of nitriles is 1. The number of likely N-dealkylation sites (tertiary alicyclic amines) is 1. The highest BCUT2D eigenvalue weighted by atomic mass is 35.5. The van der Waals surface area contributed by atoms with Crippen LogP contribution in [0.25, 0.3) is 0 Å². The highest BCUT2D eigenvalue weighted by Gasteiger charge is 2.47. The van der Waals surface area contributed by atoms with Gasteiger partial charge in [-0.15, -0.1) is 35.9 Å².